The van der Waals surface area contributed by atoms with E-state index in [1.54, 1.807) is 0 Å². The van der Waals surface area contributed by atoms with E-state index in [4.69, 9.17) is 9.47 Å². The topological polar surface area (TPSA) is 35.5 Å². The highest BCUT2D eigenvalue weighted by Gasteiger charge is 2.13. The first-order valence-electron chi connectivity index (χ1n) is 4.75. The lowest BCUT2D eigenvalue weighted by Gasteiger charge is -2.18. The first-order valence-corrected chi connectivity index (χ1v) is 4.75. The predicted octanol–water partition coefficient (Wildman–Crippen LogP) is 2.14. The van der Waals surface area contributed by atoms with Crippen LogP contribution in [-0.2, 0) is 14.3 Å². The minimum Gasteiger partial charge on any atom is -0.464 e. The molecule has 0 fully saturated rings. The first-order chi connectivity index (χ1) is 5.95. The number of hydrogen-bond acceptors (Lipinski definition) is 3. The van der Waals surface area contributed by atoms with Gasteiger partial charge in [0.15, 0.2) is 0 Å². The molecule has 0 saturated heterocycles. The van der Waals surface area contributed by atoms with Gasteiger partial charge in [-0.1, -0.05) is 13.3 Å². The summed E-state index contributed by atoms with van der Waals surface area (Å²) >= 11 is 0. The molecule has 0 aliphatic rings. The van der Waals surface area contributed by atoms with Crippen molar-refractivity contribution in [1.29, 1.82) is 0 Å². The standard InChI is InChI=1S/C10H20O3/c1-5-6-7-12-9(11)8-13-10(2,3)4/h5-8H2,1-4H3. The molecule has 0 aromatic carbocycles. The summed E-state index contributed by atoms with van der Waals surface area (Å²) in [5, 5.41) is 0. The zero-order valence-electron chi connectivity index (χ0n) is 9.05. The molecule has 0 aliphatic carbocycles. The Bertz CT molecular complexity index is 147. The molecular formula is C10H20O3. The number of esters is 1. The lowest BCUT2D eigenvalue weighted by atomic mass is 10.2. The van der Waals surface area contributed by atoms with Crippen molar-refractivity contribution < 1.29 is 14.3 Å². The Hall–Kier alpha value is -0.570. The molecule has 0 aromatic rings. The first kappa shape index (κ1) is 12.4. The van der Waals surface area contributed by atoms with Crippen LogP contribution >= 0.6 is 0 Å². The van der Waals surface area contributed by atoms with Crippen molar-refractivity contribution in [2.45, 2.75) is 46.1 Å². The zero-order chi connectivity index (χ0) is 10.3. The highest BCUT2D eigenvalue weighted by molar-refractivity contribution is 5.70. The largest absolute Gasteiger partial charge is 0.464 e. The number of hydrogen-bond donors (Lipinski definition) is 0. The van der Waals surface area contributed by atoms with E-state index in [0.717, 1.165) is 12.8 Å². The Morgan fingerprint density at radius 1 is 1.31 bits per heavy atom. The van der Waals surface area contributed by atoms with Gasteiger partial charge in [-0.05, 0) is 27.2 Å². The van der Waals surface area contributed by atoms with Crippen LogP contribution in [0.5, 0.6) is 0 Å². The van der Waals surface area contributed by atoms with Gasteiger partial charge in [-0.15, -0.1) is 0 Å². The fourth-order valence-electron chi connectivity index (χ4n) is 0.647. The third-order valence-corrected chi connectivity index (χ3v) is 1.38. The predicted molar refractivity (Wildman–Crippen MR) is 51.6 cm³/mol. The van der Waals surface area contributed by atoms with Crippen LogP contribution < -0.4 is 0 Å². The van der Waals surface area contributed by atoms with Gasteiger partial charge in [0.25, 0.3) is 0 Å². The van der Waals surface area contributed by atoms with Crippen LogP contribution in [-0.4, -0.2) is 24.8 Å². The second-order valence-corrected chi connectivity index (χ2v) is 3.98. The quantitative estimate of drug-likeness (QED) is 0.490. The molecule has 0 saturated carbocycles. The molecule has 0 heterocycles. The van der Waals surface area contributed by atoms with Crippen LogP contribution in [0, 0.1) is 0 Å². The lowest BCUT2D eigenvalue weighted by Crippen LogP contribution is -2.24. The molecule has 0 aromatic heterocycles. The van der Waals surface area contributed by atoms with E-state index in [1.807, 2.05) is 20.8 Å². The summed E-state index contributed by atoms with van der Waals surface area (Å²) in [7, 11) is 0. The second-order valence-electron chi connectivity index (χ2n) is 3.98. The third-order valence-electron chi connectivity index (χ3n) is 1.38. The minimum atomic E-state index is -0.275. The summed E-state index contributed by atoms with van der Waals surface area (Å²) in [6, 6.07) is 0. The van der Waals surface area contributed by atoms with Crippen LogP contribution in [0.1, 0.15) is 40.5 Å². The molecule has 13 heavy (non-hydrogen) atoms. The number of carbonyl (C=O) groups is 1. The summed E-state index contributed by atoms with van der Waals surface area (Å²) < 4.78 is 10.2. The maximum Gasteiger partial charge on any atom is 0.332 e. The highest BCUT2D eigenvalue weighted by Crippen LogP contribution is 2.06. The normalized spacial score (nSPS) is 11.4. The highest BCUT2D eigenvalue weighted by atomic mass is 16.6. The molecule has 3 nitrogen and oxygen atoms in total. The van der Waals surface area contributed by atoms with E-state index in [2.05, 4.69) is 6.92 Å². The van der Waals surface area contributed by atoms with Crippen LogP contribution in [0.25, 0.3) is 0 Å². The molecule has 0 spiro atoms. The molecule has 3 heteroatoms. The van der Waals surface area contributed by atoms with Crippen molar-refractivity contribution in [3.63, 3.8) is 0 Å². The van der Waals surface area contributed by atoms with Gasteiger partial charge in [-0.3, -0.25) is 0 Å². The Morgan fingerprint density at radius 2 is 1.92 bits per heavy atom. The molecule has 0 N–H and O–H groups in total. The average molecular weight is 188 g/mol. The van der Waals surface area contributed by atoms with Crippen LogP contribution in [0.3, 0.4) is 0 Å². The second kappa shape index (κ2) is 5.97. The summed E-state index contributed by atoms with van der Waals surface area (Å²) in [4.78, 5) is 11.0. The summed E-state index contributed by atoms with van der Waals surface area (Å²) in [5.41, 5.74) is -0.274. The van der Waals surface area contributed by atoms with Gasteiger partial charge in [0.1, 0.15) is 6.61 Å². The van der Waals surface area contributed by atoms with Gasteiger partial charge in [0, 0.05) is 0 Å². The van der Waals surface area contributed by atoms with Crippen LogP contribution in [0.4, 0.5) is 0 Å². The van der Waals surface area contributed by atoms with Gasteiger partial charge in [0.2, 0.25) is 0 Å². The molecule has 0 aliphatic heterocycles. The Labute approximate surface area is 80.4 Å². The zero-order valence-corrected chi connectivity index (χ0v) is 9.05. The maximum absolute atomic E-state index is 11.0. The fourth-order valence-corrected chi connectivity index (χ4v) is 0.647. The summed E-state index contributed by atoms with van der Waals surface area (Å²) in [5.74, 6) is -0.275. The fraction of sp³-hybridized carbons (Fsp3) is 0.900. The van der Waals surface area contributed by atoms with Gasteiger partial charge in [-0.2, -0.15) is 0 Å². The molecule has 0 bridgehead atoms. The van der Waals surface area contributed by atoms with Crippen molar-refractivity contribution in [2.24, 2.45) is 0 Å². The van der Waals surface area contributed by atoms with Gasteiger partial charge in [-0.25, -0.2) is 4.79 Å². The minimum absolute atomic E-state index is 0.0488. The van der Waals surface area contributed by atoms with Crippen molar-refractivity contribution in [3.05, 3.63) is 0 Å². The van der Waals surface area contributed by atoms with Crippen molar-refractivity contribution in [2.75, 3.05) is 13.2 Å². The van der Waals surface area contributed by atoms with Crippen molar-refractivity contribution in [3.8, 4) is 0 Å². The smallest absolute Gasteiger partial charge is 0.332 e. The monoisotopic (exact) mass is 188 g/mol. The van der Waals surface area contributed by atoms with E-state index < -0.39 is 0 Å². The molecule has 0 radical (unpaired) electrons. The van der Waals surface area contributed by atoms with E-state index in [1.165, 1.54) is 0 Å². The van der Waals surface area contributed by atoms with E-state index >= 15 is 0 Å². The number of ether oxygens (including phenoxy) is 2. The summed E-state index contributed by atoms with van der Waals surface area (Å²) in [6.07, 6.45) is 1.95. The van der Waals surface area contributed by atoms with Crippen molar-refractivity contribution in [1.82, 2.24) is 0 Å². The Morgan fingerprint density at radius 3 is 2.38 bits per heavy atom. The molecular weight excluding hydrogens is 168 g/mol. The molecule has 78 valence electrons. The molecule has 0 amide bonds. The van der Waals surface area contributed by atoms with E-state index in [9.17, 15) is 4.79 Å². The number of unbranched alkanes of at least 4 members (excludes halogenated alkanes) is 1. The van der Waals surface area contributed by atoms with Crippen molar-refractivity contribution >= 4 is 5.97 Å². The van der Waals surface area contributed by atoms with Crippen LogP contribution in [0.15, 0.2) is 0 Å². The van der Waals surface area contributed by atoms with Gasteiger partial charge >= 0.3 is 5.97 Å². The number of carbonyl (C=O) groups excluding carboxylic acids is 1. The lowest BCUT2D eigenvalue weighted by molar-refractivity contribution is -0.154. The Balaban J connectivity index is 3.41. The summed E-state index contributed by atoms with van der Waals surface area (Å²) in [6.45, 7) is 8.33. The third kappa shape index (κ3) is 9.34. The molecule has 0 unspecified atom stereocenters. The SMILES string of the molecule is CCCCOC(=O)COC(C)(C)C. The number of rotatable bonds is 5. The molecule has 0 rings (SSSR count). The van der Waals surface area contributed by atoms with Crippen LogP contribution in [0.2, 0.25) is 0 Å². The van der Waals surface area contributed by atoms with E-state index in [-0.39, 0.29) is 18.2 Å². The Kier molecular flexibility index (Phi) is 5.71. The van der Waals surface area contributed by atoms with Gasteiger partial charge in [0.05, 0.1) is 12.2 Å². The average Bonchev–Trinajstić information content (AvgIpc) is 2.00. The molecule has 0 atom stereocenters. The van der Waals surface area contributed by atoms with Gasteiger partial charge < -0.3 is 9.47 Å². The maximum atomic E-state index is 11.0. The van der Waals surface area contributed by atoms with E-state index in [0.29, 0.717) is 6.61 Å².